The van der Waals surface area contributed by atoms with Gasteiger partial charge in [-0.15, -0.1) is 0 Å². The Morgan fingerprint density at radius 1 is 1.36 bits per heavy atom. The molecule has 2 rings (SSSR count). The van der Waals surface area contributed by atoms with Crippen molar-refractivity contribution in [2.45, 2.75) is 37.8 Å². The van der Waals surface area contributed by atoms with Gasteiger partial charge in [0.05, 0.1) is 12.7 Å². The maximum Gasteiger partial charge on any atom is 0.0855 e. The quantitative estimate of drug-likeness (QED) is 0.714. The Morgan fingerprint density at radius 3 is 2.71 bits per heavy atom. The topological polar surface area (TPSA) is 38.5 Å². The zero-order valence-corrected chi connectivity index (χ0v) is 9.11. The number of hydrogen-bond acceptors (Lipinski definition) is 3. The van der Waals surface area contributed by atoms with Crippen LogP contribution in [-0.2, 0) is 4.74 Å². The molecule has 1 aliphatic heterocycles. The zero-order chi connectivity index (χ0) is 9.97. The molecule has 0 aromatic heterocycles. The van der Waals surface area contributed by atoms with E-state index in [2.05, 4.69) is 11.9 Å². The van der Waals surface area contributed by atoms with Crippen LogP contribution in [0.25, 0.3) is 0 Å². The van der Waals surface area contributed by atoms with Crippen molar-refractivity contribution >= 4 is 0 Å². The molecule has 1 aliphatic carbocycles. The second kappa shape index (κ2) is 4.60. The summed E-state index contributed by atoms with van der Waals surface area (Å²) in [5, 5.41) is 0. The van der Waals surface area contributed by atoms with E-state index < -0.39 is 0 Å². The van der Waals surface area contributed by atoms with Crippen LogP contribution in [0.3, 0.4) is 0 Å². The zero-order valence-electron chi connectivity index (χ0n) is 9.11. The third-order valence-electron chi connectivity index (χ3n) is 3.67. The summed E-state index contributed by atoms with van der Waals surface area (Å²) in [4.78, 5) is 2.32. The maximum atomic E-state index is 6.26. The first-order chi connectivity index (χ1) is 6.77. The van der Waals surface area contributed by atoms with Crippen LogP contribution in [0.15, 0.2) is 0 Å². The number of rotatable bonds is 2. The predicted octanol–water partition coefficient (Wildman–Crippen LogP) is 0.834. The Balaban J connectivity index is 1.86. The first-order valence-electron chi connectivity index (χ1n) is 5.83. The van der Waals surface area contributed by atoms with E-state index in [9.17, 15) is 0 Å². The molecule has 2 aliphatic rings. The van der Waals surface area contributed by atoms with Crippen molar-refractivity contribution in [3.63, 3.8) is 0 Å². The Kier molecular flexibility index (Phi) is 3.42. The van der Waals surface area contributed by atoms with E-state index in [1.807, 2.05) is 0 Å². The SMILES string of the molecule is CN1CCOC(C(N)C2CCCC2)C1. The molecule has 14 heavy (non-hydrogen) atoms. The summed E-state index contributed by atoms with van der Waals surface area (Å²) < 4.78 is 5.76. The highest BCUT2D eigenvalue weighted by atomic mass is 16.5. The smallest absolute Gasteiger partial charge is 0.0855 e. The van der Waals surface area contributed by atoms with Crippen molar-refractivity contribution in [2.75, 3.05) is 26.7 Å². The van der Waals surface area contributed by atoms with Crippen LogP contribution < -0.4 is 5.73 Å². The molecular weight excluding hydrogens is 176 g/mol. The summed E-state index contributed by atoms with van der Waals surface area (Å²) in [6.45, 7) is 2.91. The van der Waals surface area contributed by atoms with Gasteiger partial charge < -0.3 is 15.4 Å². The third kappa shape index (κ3) is 2.27. The van der Waals surface area contributed by atoms with Crippen LogP contribution in [0.2, 0.25) is 0 Å². The molecule has 3 heteroatoms. The fraction of sp³-hybridized carbons (Fsp3) is 1.00. The van der Waals surface area contributed by atoms with Gasteiger partial charge in [-0.1, -0.05) is 12.8 Å². The number of nitrogens with zero attached hydrogens (tertiary/aromatic N) is 1. The number of nitrogens with two attached hydrogens (primary N) is 1. The van der Waals surface area contributed by atoms with Gasteiger partial charge >= 0.3 is 0 Å². The van der Waals surface area contributed by atoms with Gasteiger partial charge in [-0.2, -0.15) is 0 Å². The maximum absolute atomic E-state index is 6.26. The number of hydrogen-bond donors (Lipinski definition) is 1. The molecule has 0 spiro atoms. The highest BCUT2D eigenvalue weighted by Gasteiger charge is 2.31. The largest absolute Gasteiger partial charge is 0.374 e. The fourth-order valence-corrected chi connectivity index (χ4v) is 2.69. The first kappa shape index (κ1) is 10.4. The van der Waals surface area contributed by atoms with Gasteiger partial charge in [-0.05, 0) is 25.8 Å². The minimum absolute atomic E-state index is 0.264. The van der Waals surface area contributed by atoms with Gasteiger partial charge in [0, 0.05) is 19.1 Å². The van der Waals surface area contributed by atoms with E-state index in [-0.39, 0.29) is 12.1 Å². The summed E-state index contributed by atoms with van der Waals surface area (Å²) in [5.74, 6) is 0.714. The summed E-state index contributed by atoms with van der Waals surface area (Å²) >= 11 is 0. The lowest BCUT2D eigenvalue weighted by Crippen LogP contribution is -2.51. The van der Waals surface area contributed by atoms with Crippen LogP contribution in [0.5, 0.6) is 0 Å². The molecule has 0 bridgehead atoms. The minimum Gasteiger partial charge on any atom is -0.374 e. The standard InChI is InChI=1S/C11H22N2O/c1-13-6-7-14-10(8-13)11(12)9-4-2-3-5-9/h9-11H,2-8,12H2,1H3. The highest BCUT2D eigenvalue weighted by molar-refractivity contribution is 4.87. The molecular formula is C11H22N2O. The monoisotopic (exact) mass is 198 g/mol. The molecule has 1 heterocycles. The molecule has 0 aromatic rings. The number of morpholine rings is 1. The summed E-state index contributed by atoms with van der Waals surface area (Å²) in [7, 11) is 2.15. The van der Waals surface area contributed by atoms with Gasteiger partial charge in [0.25, 0.3) is 0 Å². The molecule has 82 valence electrons. The van der Waals surface area contributed by atoms with Gasteiger partial charge in [0.2, 0.25) is 0 Å². The summed E-state index contributed by atoms with van der Waals surface area (Å²) in [5.41, 5.74) is 6.26. The van der Waals surface area contributed by atoms with E-state index in [0.717, 1.165) is 19.7 Å². The average molecular weight is 198 g/mol. The lowest BCUT2D eigenvalue weighted by atomic mass is 9.93. The second-order valence-electron chi connectivity index (χ2n) is 4.79. The lowest BCUT2D eigenvalue weighted by molar-refractivity contribution is -0.0411. The molecule has 2 fully saturated rings. The first-order valence-corrected chi connectivity index (χ1v) is 5.83. The van der Waals surface area contributed by atoms with Gasteiger partial charge in [0.15, 0.2) is 0 Å². The molecule has 0 aromatic carbocycles. The molecule has 2 unspecified atom stereocenters. The fourth-order valence-electron chi connectivity index (χ4n) is 2.69. The third-order valence-corrected chi connectivity index (χ3v) is 3.67. The van der Waals surface area contributed by atoms with Gasteiger partial charge in [0.1, 0.15) is 0 Å². The van der Waals surface area contributed by atoms with E-state index in [1.54, 1.807) is 0 Å². The number of ether oxygens (including phenoxy) is 1. The molecule has 2 N–H and O–H groups in total. The van der Waals surface area contributed by atoms with Crippen molar-refractivity contribution in [3.8, 4) is 0 Å². The lowest BCUT2D eigenvalue weighted by Gasteiger charge is -2.35. The Labute approximate surface area is 86.6 Å². The molecule has 0 radical (unpaired) electrons. The molecule has 3 nitrogen and oxygen atoms in total. The van der Waals surface area contributed by atoms with E-state index in [4.69, 9.17) is 10.5 Å². The summed E-state index contributed by atoms with van der Waals surface area (Å²) in [6.07, 6.45) is 5.62. The van der Waals surface area contributed by atoms with Gasteiger partial charge in [-0.3, -0.25) is 0 Å². The molecule has 1 saturated carbocycles. The molecule has 0 amide bonds. The molecule has 1 saturated heterocycles. The van der Waals surface area contributed by atoms with Crippen molar-refractivity contribution < 1.29 is 4.74 Å². The second-order valence-corrected chi connectivity index (χ2v) is 4.79. The van der Waals surface area contributed by atoms with Gasteiger partial charge in [-0.25, -0.2) is 0 Å². The normalized spacial score (nSPS) is 33.4. The van der Waals surface area contributed by atoms with Crippen molar-refractivity contribution in [1.29, 1.82) is 0 Å². The van der Waals surface area contributed by atoms with E-state index in [0.29, 0.717) is 5.92 Å². The van der Waals surface area contributed by atoms with Crippen molar-refractivity contribution in [1.82, 2.24) is 4.90 Å². The van der Waals surface area contributed by atoms with Crippen LogP contribution in [0.4, 0.5) is 0 Å². The molecule has 2 atom stereocenters. The minimum atomic E-state index is 0.264. The Morgan fingerprint density at radius 2 is 2.07 bits per heavy atom. The highest BCUT2D eigenvalue weighted by Crippen LogP contribution is 2.29. The summed E-state index contributed by atoms with van der Waals surface area (Å²) in [6, 6.07) is 0.264. The Hall–Kier alpha value is -0.120. The van der Waals surface area contributed by atoms with Crippen molar-refractivity contribution in [3.05, 3.63) is 0 Å². The van der Waals surface area contributed by atoms with E-state index in [1.165, 1.54) is 25.7 Å². The van der Waals surface area contributed by atoms with Crippen LogP contribution >= 0.6 is 0 Å². The Bertz CT molecular complexity index is 180. The predicted molar refractivity (Wildman–Crippen MR) is 57.2 cm³/mol. The average Bonchev–Trinajstić information content (AvgIpc) is 2.69. The van der Waals surface area contributed by atoms with Crippen LogP contribution in [-0.4, -0.2) is 43.8 Å². The van der Waals surface area contributed by atoms with E-state index >= 15 is 0 Å². The number of likely N-dealkylation sites (N-methyl/N-ethyl adjacent to an activating group) is 1. The van der Waals surface area contributed by atoms with Crippen molar-refractivity contribution in [2.24, 2.45) is 11.7 Å². The van der Waals surface area contributed by atoms with Crippen LogP contribution in [0, 0.1) is 5.92 Å². The van der Waals surface area contributed by atoms with Crippen LogP contribution in [0.1, 0.15) is 25.7 Å².